The van der Waals surface area contributed by atoms with Crippen molar-refractivity contribution < 1.29 is 23.8 Å². The fraction of sp³-hybridized carbons (Fsp3) is 0.516. The van der Waals surface area contributed by atoms with Gasteiger partial charge in [-0.1, -0.05) is 33.8 Å². The molecule has 0 saturated heterocycles. The summed E-state index contributed by atoms with van der Waals surface area (Å²) in [6, 6.07) is 6.01. The van der Waals surface area contributed by atoms with Gasteiger partial charge in [-0.15, -0.1) is 0 Å². The van der Waals surface area contributed by atoms with Crippen LogP contribution in [0, 0.1) is 11.8 Å². The van der Waals surface area contributed by atoms with Crippen molar-refractivity contribution in [1.82, 2.24) is 10.6 Å². The molecule has 0 spiro atoms. The Balaban J connectivity index is 2.18. The number of carbonyl (C=O) groups excluding carboxylic acids is 2. The van der Waals surface area contributed by atoms with E-state index in [1.54, 1.807) is 33.5 Å². The molecule has 3 N–H and O–H groups in total. The number of amides is 2. The largest absolute Gasteiger partial charge is 0.493 e. The molecular weight excluding hydrogens is 510 g/mol. The molecule has 0 saturated carbocycles. The van der Waals surface area contributed by atoms with Gasteiger partial charge in [-0.05, 0) is 66.0 Å². The molecule has 2 aromatic rings. The van der Waals surface area contributed by atoms with Gasteiger partial charge in [-0.25, -0.2) is 0 Å². The Morgan fingerprint density at radius 2 is 1.70 bits per heavy atom. The van der Waals surface area contributed by atoms with Crippen molar-refractivity contribution in [1.29, 1.82) is 0 Å². The molecule has 0 aromatic heterocycles. The summed E-state index contributed by atoms with van der Waals surface area (Å²) < 4.78 is 17.1. The molecule has 1 aliphatic carbocycles. The number of methoxy groups -OCH3 is 3. The quantitative estimate of drug-likeness (QED) is 0.376. The van der Waals surface area contributed by atoms with Gasteiger partial charge in [0.25, 0.3) is 0 Å². The van der Waals surface area contributed by atoms with Crippen LogP contribution in [0.3, 0.4) is 0 Å². The van der Waals surface area contributed by atoms with Crippen LogP contribution in [-0.4, -0.2) is 45.7 Å². The zero-order chi connectivity index (χ0) is 29.6. The first kappa shape index (κ1) is 30.8. The van der Waals surface area contributed by atoms with Gasteiger partial charge in [0.05, 0.1) is 33.1 Å². The Hall–Kier alpha value is -3.75. The number of nitrogens with one attached hydrogen (secondary N) is 3. The van der Waals surface area contributed by atoms with Gasteiger partial charge in [-0.2, -0.15) is 0 Å². The number of hydrogen-bond donors (Lipinski definition) is 3. The van der Waals surface area contributed by atoms with Crippen molar-refractivity contribution >= 4 is 17.5 Å². The smallest absolute Gasteiger partial charge is 0.242 e. The molecule has 40 heavy (non-hydrogen) atoms. The van der Waals surface area contributed by atoms with Gasteiger partial charge >= 0.3 is 0 Å². The van der Waals surface area contributed by atoms with Crippen LogP contribution in [0.4, 0.5) is 5.69 Å². The first-order valence-electron chi connectivity index (χ1n) is 13.8. The van der Waals surface area contributed by atoms with E-state index in [9.17, 15) is 14.4 Å². The first-order chi connectivity index (χ1) is 19.0. The zero-order valence-electron chi connectivity index (χ0n) is 24.9. The molecule has 0 radical (unpaired) electrons. The lowest BCUT2D eigenvalue weighted by atomic mass is 9.95. The first-order valence-corrected chi connectivity index (χ1v) is 13.8. The van der Waals surface area contributed by atoms with E-state index in [0.29, 0.717) is 53.8 Å². The molecule has 3 rings (SSSR count). The maximum absolute atomic E-state index is 13.6. The average Bonchev–Trinajstić information content (AvgIpc) is 3.14. The fourth-order valence-corrected chi connectivity index (χ4v) is 5.12. The van der Waals surface area contributed by atoms with Crippen molar-refractivity contribution in [2.75, 3.05) is 33.2 Å². The second-order valence-corrected chi connectivity index (χ2v) is 10.9. The SMILES string of the molecule is COc1cc2c(c(OC)c1OC)-c1ccc(N[C@H](C(=O)NCCC(C)C)C(C)C)c(=O)cc1[C@@H](NC(C)=O)CC2. The summed E-state index contributed by atoms with van der Waals surface area (Å²) in [5.74, 6) is 1.52. The van der Waals surface area contributed by atoms with Crippen LogP contribution in [0.2, 0.25) is 0 Å². The van der Waals surface area contributed by atoms with Gasteiger partial charge in [0.1, 0.15) is 6.04 Å². The minimum Gasteiger partial charge on any atom is -0.493 e. The number of rotatable bonds is 11. The summed E-state index contributed by atoms with van der Waals surface area (Å²) in [4.78, 5) is 38.8. The Bertz CT molecular complexity index is 1290. The maximum atomic E-state index is 13.6. The molecule has 0 fully saturated rings. The molecule has 9 nitrogen and oxygen atoms in total. The van der Waals surface area contributed by atoms with Gasteiger partial charge in [0, 0.05) is 19.0 Å². The normalized spacial score (nSPS) is 14.9. The highest BCUT2D eigenvalue weighted by atomic mass is 16.5. The molecule has 0 aliphatic heterocycles. The number of hydrogen-bond acceptors (Lipinski definition) is 7. The third-order valence-corrected chi connectivity index (χ3v) is 7.20. The van der Waals surface area contributed by atoms with E-state index in [1.807, 2.05) is 26.0 Å². The van der Waals surface area contributed by atoms with E-state index in [4.69, 9.17) is 14.2 Å². The predicted octanol–water partition coefficient (Wildman–Crippen LogP) is 4.46. The molecule has 2 amide bonds. The molecule has 0 bridgehead atoms. The topological polar surface area (TPSA) is 115 Å². The van der Waals surface area contributed by atoms with Crippen molar-refractivity contribution in [3.8, 4) is 28.4 Å². The highest BCUT2D eigenvalue weighted by Gasteiger charge is 2.30. The average molecular weight is 554 g/mol. The standard InChI is InChI=1S/C31H43N3O6/c1-17(2)13-14-32-31(37)28(18(3)4)34-24-12-10-21-22(16-25(24)36)23(33-19(5)35)11-9-20-15-26(38-6)29(39-7)30(40-8)27(20)21/h10,12,15-18,23,28H,9,11,13-14H2,1-8H3,(H,32,37)(H,33,35)(H,34,36)/t23-,28-/m0/s1. The summed E-state index contributed by atoms with van der Waals surface area (Å²) in [6.45, 7) is 10.1. The third kappa shape index (κ3) is 6.87. The summed E-state index contributed by atoms with van der Waals surface area (Å²) in [5.41, 5.74) is 3.14. The van der Waals surface area contributed by atoms with Crippen molar-refractivity contribution in [2.45, 2.75) is 66.0 Å². The van der Waals surface area contributed by atoms with Crippen LogP contribution in [0.5, 0.6) is 17.2 Å². The van der Waals surface area contributed by atoms with Gasteiger partial charge in [-0.3, -0.25) is 14.4 Å². The summed E-state index contributed by atoms with van der Waals surface area (Å²) in [6.07, 6.45) is 2.05. The number of aryl methyl sites for hydroxylation is 1. The van der Waals surface area contributed by atoms with E-state index < -0.39 is 12.1 Å². The monoisotopic (exact) mass is 553 g/mol. The van der Waals surface area contributed by atoms with Crippen LogP contribution in [0.15, 0.2) is 29.1 Å². The number of fused-ring (bicyclic) bond motifs is 3. The number of anilines is 1. The number of benzene rings is 1. The third-order valence-electron chi connectivity index (χ3n) is 7.20. The van der Waals surface area contributed by atoms with E-state index in [-0.39, 0.29) is 23.2 Å². The second-order valence-electron chi connectivity index (χ2n) is 10.9. The lowest BCUT2D eigenvalue weighted by molar-refractivity contribution is -0.122. The summed E-state index contributed by atoms with van der Waals surface area (Å²) in [5, 5.41) is 9.21. The molecule has 2 aromatic carbocycles. The Labute approximate surface area is 237 Å². The summed E-state index contributed by atoms with van der Waals surface area (Å²) >= 11 is 0. The van der Waals surface area contributed by atoms with Crippen LogP contribution >= 0.6 is 0 Å². The van der Waals surface area contributed by atoms with Crippen molar-refractivity contribution in [3.63, 3.8) is 0 Å². The Morgan fingerprint density at radius 1 is 1.00 bits per heavy atom. The lowest BCUT2D eigenvalue weighted by Gasteiger charge is -2.22. The van der Waals surface area contributed by atoms with E-state index in [1.165, 1.54) is 6.92 Å². The molecule has 0 unspecified atom stereocenters. The molecular formula is C31H43N3O6. The minimum absolute atomic E-state index is 0.0635. The Morgan fingerprint density at radius 3 is 2.27 bits per heavy atom. The zero-order valence-corrected chi connectivity index (χ0v) is 24.9. The number of ether oxygens (including phenoxy) is 3. The fourth-order valence-electron chi connectivity index (χ4n) is 5.12. The molecule has 218 valence electrons. The van der Waals surface area contributed by atoms with Crippen LogP contribution in [0.1, 0.15) is 64.6 Å². The van der Waals surface area contributed by atoms with E-state index in [0.717, 1.165) is 23.1 Å². The highest BCUT2D eigenvalue weighted by molar-refractivity contribution is 5.86. The number of carbonyl (C=O) groups is 2. The van der Waals surface area contributed by atoms with Crippen molar-refractivity contribution in [2.24, 2.45) is 11.8 Å². The van der Waals surface area contributed by atoms with E-state index >= 15 is 0 Å². The van der Waals surface area contributed by atoms with Crippen LogP contribution in [-0.2, 0) is 16.0 Å². The predicted molar refractivity (Wildman–Crippen MR) is 157 cm³/mol. The second kappa shape index (κ2) is 13.5. The molecule has 2 atom stereocenters. The summed E-state index contributed by atoms with van der Waals surface area (Å²) in [7, 11) is 4.68. The molecule has 0 heterocycles. The van der Waals surface area contributed by atoms with Crippen LogP contribution in [0.25, 0.3) is 11.1 Å². The van der Waals surface area contributed by atoms with Gasteiger partial charge in [0.2, 0.25) is 23.0 Å². The van der Waals surface area contributed by atoms with Gasteiger partial charge in [0.15, 0.2) is 11.5 Å². The van der Waals surface area contributed by atoms with Gasteiger partial charge < -0.3 is 30.2 Å². The van der Waals surface area contributed by atoms with Crippen molar-refractivity contribution in [3.05, 3.63) is 45.6 Å². The minimum atomic E-state index is -0.598. The highest BCUT2D eigenvalue weighted by Crippen LogP contribution is 2.50. The Kier molecular flexibility index (Phi) is 10.4. The van der Waals surface area contributed by atoms with Crippen LogP contribution < -0.4 is 35.6 Å². The van der Waals surface area contributed by atoms with E-state index in [2.05, 4.69) is 29.8 Å². The lowest BCUT2D eigenvalue weighted by Crippen LogP contribution is -2.44. The maximum Gasteiger partial charge on any atom is 0.242 e. The molecule has 1 aliphatic rings. The molecule has 9 heteroatoms.